The van der Waals surface area contributed by atoms with E-state index >= 15 is 0 Å². The van der Waals surface area contributed by atoms with Crippen molar-refractivity contribution in [1.29, 1.82) is 0 Å². The fraction of sp³-hybridized carbons (Fsp3) is 0.0667. The number of hydrogen-bond acceptors (Lipinski definition) is 4. The molecule has 0 aliphatic carbocycles. The fourth-order valence-corrected chi connectivity index (χ4v) is 4.58. The number of hydrogen-bond donors (Lipinski definition) is 0. The van der Waals surface area contributed by atoms with E-state index in [4.69, 9.17) is 9.47 Å². The second-order valence-electron chi connectivity index (χ2n) is 7.97. The van der Waals surface area contributed by atoms with Crippen molar-refractivity contribution in [2.24, 2.45) is 0 Å². The maximum atomic E-state index is 12.7. The Morgan fingerprint density at radius 1 is 0.647 bits per heavy atom. The molecule has 0 N–H and O–H groups in total. The largest absolute Gasteiger partial charge is 0.458 e. The van der Waals surface area contributed by atoms with Crippen molar-refractivity contribution in [1.82, 2.24) is 0 Å². The van der Waals surface area contributed by atoms with Gasteiger partial charge in [-0.25, -0.2) is 9.59 Å². The van der Waals surface area contributed by atoms with Gasteiger partial charge in [-0.1, -0.05) is 92.0 Å². The van der Waals surface area contributed by atoms with Crippen LogP contribution in [-0.2, 0) is 19.1 Å². The van der Waals surface area contributed by atoms with Gasteiger partial charge in [0.05, 0.1) is 0 Å². The van der Waals surface area contributed by atoms with Crippen molar-refractivity contribution < 1.29 is 19.1 Å². The van der Waals surface area contributed by atoms with Gasteiger partial charge >= 0.3 is 11.9 Å². The first kappa shape index (κ1) is 21.4. The molecule has 0 aliphatic heterocycles. The van der Waals surface area contributed by atoms with Crippen molar-refractivity contribution in [2.45, 2.75) is 0 Å². The quantitative estimate of drug-likeness (QED) is 0.0539. The van der Waals surface area contributed by atoms with E-state index in [1.54, 1.807) is 6.08 Å². The summed E-state index contributed by atoms with van der Waals surface area (Å²) in [7, 11) is 0. The zero-order valence-electron chi connectivity index (χ0n) is 18.5. The van der Waals surface area contributed by atoms with Gasteiger partial charge < -0.3 is 9.47 Å². The predicted octanol–water partition coefficient (Wildman–Crippen LogP) is 6.58. The monoisotopic (exact) mass is 446 g/mol. The molecule has 4 nitrogen and oxygen atoms in total. The number of benzene rings is 5. The van der Waals surface area contributed by atoms with Gasteiger partial charge in [0.25, 0.3) is 0 Å². The summed E-state index contributed by atoms with van der Waals surface area (Å²) in [6.07, 6.45) is 4.44. The van der Waals surface area contributed by atoms with Gasteiger partial charge in [0.15, 0.2) is 0 Å². The minimum Gasteiger partial charge on any atom is -0.458 e. The normalized spacial score (nSPS) is 11.1. The molecule has 5 aromatic carbocycles. The van der Waals surface area contributed by atoms with Gasteiger partial charge in [-0.05, 0) is 54.7 Å². The lowest BCUT2D eigenvalue weighted by Gasteiger charge is -2.15. The number of fused-ring (bicyclic) bond motifs is 2. The Morgan fingerprint density at radius 3 is 1.74 bits per heavy atom. The van der Waals surface area contributed by atoms with Gasteiger partial charge in [0, 0.05) is 0 Å². The van der Waals surface area contributed by atoms with Crippen LogP contribution >= 0.6 is 0 Å². The van der Waals surface area contributed by atoms with Crippen LogP contribution < -0.4 is 0 Å². The average Bonchev–Trinajstić information content (AvgIpc) is 2.87. The third kappa shape index (κ3) is 3.50. The molecule has 0 heterocycles. The molecule has 4 heteroatoms. The Bertz CT molecular complexity index is 1550. The van der Waals surface area contributed by atoms with Crippen molar-refractivity contribution in [3.8, 4) is 0 Å². The number of carbonyl (C=O) groups excluding carboxylic acids is 2. The summed E-state index contributed by atoms with van der Waals surface area (Å²) in [5, 5.41) is 9.03. The third-order valence-corrected chi connectivity index (χ3v) is 5.96. The highest BCUT2D eigenvalue weighted by Crippen LogP contribution is 2.41. The predicted molar refractivity (Wildman–Crippen MR) is 138 cm³/mol. The molecule has 34 heavy (non-hydrogen) atoms. The maximum absolute atomic E-state index is 12.7. The molecule has 0 aliphatic rings. The Balaban J connectivity index is 1.78. The molecule has 0 saturated carbocycles. The second-order valence-corrected chi connectivity index (χ2v) is 7.97. The molecular formula is C30H22O4. The average molecular weight is 447 g/mol. The zero-order valence-corrected chi connectivity index (χ0v) is 18.5. The van der Waals surface area contributed by atoms with E-state index in [9.17, 15) is 9.59 Å². The van der Waals surface area contributed by atoms with E-state index in [1.807, 2.05) is 24.3 Å². The highest BCUT2D eigenvalue weighted by molar-refractivity contribution is 6.33. The molecule has 0 saturated heterocycles. The van der Waals surface area contributed by atoms with Crippen LogP contribution in [0.15, 0.2) is 97.6 Å². The molecule has 0 fully saturated rings. The summed E-state index contributed by atoms with van der Waals surface area (Å²) < 4.78 is 10.3. The van der Waals surface area contributed by atoms with Crippen LogP contribution in [-0.4, -0.2) is 25.2 Å². The van der Waals surface area contributed by atoms with E-state index in [2.05, 4.69) is 55.6 Å². The van der Waals surface area contributed by atoms with Crippen LogP contribution in [0.25, 0.3) is 49.2 Å². The summed E-state index contributed by atoms with van der Waals surface area (Å²) >= 11 is 0. The van der Waals surface area contributed by atoms with Gasteiger partial charge in [0.2, 0.25) is 0 Å². The first-order valence-electron chi connectivity index (χ1n) is 11.0. The summed E-state index contributed by atoms with van der Waals surface area (Å²) in [6, 6.07) is 22.7. The minimum absolute atomic E-state index is 0.00443. The van der Waals surface area contributed by atoms with Gasteiger partial charge in [-0.3, -0.25) is 0 Å². The zero-order chi connectivity index (χ0) is 23.7. The van der Waals surface area contributed by atoms with Crippen LogP contribution in [0.1, 0.15) is 5.56 Å². The molecule has 0 bridgehead atoms. The molecule has 0 radical (unpaired) electrons. The summed E-state index contributed by atoms with van der Waals surface area (Å²) in [4.78, 5) is 25.3. The van der Waals surface area contributed by atoms with E-state index in [0.717, 1.165) is 27.1 Å². The van der Waals surface area contributed by atoms with Crippen molar-refractivity contribution in [3.63, 3.8) is 0 Å². The summed E-state index contributed by atoms with van der Waals surface area (Å²) in [6.45, 7) is 7.10. The number of carbonyl (C=O) groups is 2. The highest BCUT2D eigenvalue weighted by atomic mass is 16.6. The first-order valence-corrected chi connectivity index (χ1v) is 11.0. The topological polar surface area (TPSA) is 52.6 Å². The SMILES string of the molecule is C=CCOC(=O)C(=Cc1ccc2c3cccc4cccc(c5cccc1c52)c43)C(=O)OCC=C. The smallest absolute Gasteiger partial charge is 0.345 e. The van der Waals surface area contributed by atoms with Gasteiger partial charge in [-0.15, -0.1) is 0 Å². The van der Waals surface area contributed by atoms with E-state index in [1.165, 1.54) is 33.7 Å². The number of rotatable bonds is 7. The molecule has 5 rings (SSSR count). The molecule has 5 aromatic rings. The van der Waals surface area contributed by atoms with Gasteiger partial charge in [-0.2, -0.15) is 0 Å². The third-order valence-electron chi connectivity index (χ3n) is 5.96. The molecular weight excluding hydrogens is 424 g/mol. The lowest BCUT2D eigenvalue weighted by molar-refractivity contribution is -0.145. The summed E-state index contributed by atoms with van der Waals surface area (Å²) in [5.41, 5.74) is 0.552. The molecule has 166 valence electrons. The standard InChI is InChI=1S/C30H22O4/c1-3-16-33-29(31)26(30(32)34-17-4-2)18-20-14-15-25-23-12-6-9-19-8-5-11-22(27(19)23)24-13-7-10-21(20)28(24)25/h3-15,18H,1-2,16-17H2. The molecule has 0 atom stereocenters. The minimum atomic E-state index is -0.760. The van der Waals surface area contributed by atoms with Crippen LogP contribution in [0.2, 0.25) is 0 Å². The van der Waals surface area contributed by atoms with Crippen LogP contribution in [0, 0.1) is 0 Å². The highest BCUT2D eigenvalue weighted by Gasteiger charge is 2.22. The molecule has 0 spiro atoms. The molecule has 0 aromatic heterocycles. The Labute approximate surface area is 196 Å². The van der Waals surface area contributed by atoms with E-state index in [-0.39, 0.29) is 18.8 Å². The van der Waals surface area contributed by atoms with Crippen molar-refractivity contribution in [2.75, 3.05) is 13.2 Å². The van der Waals surface area contributed by atoms with Gasteiger partial charge in [0.1, 0.15) is 18.8 Å². The fourth-order valence-electron chi connectivity index (χ4n) is 4.58. The van der Waals surface area contributed by atoms with Crippen LogP contribution in [0.4, 0.5) is 0 Å². The van der Waals surface area contributed by atoms with Crippen LogP contribution in [0.5, 0.6) is 0 Å². The van der Waals surface area contributed by atoms with Crippen molar-refractivity contribution >= 4 is 61.1 Å². The molecule has 0 unspecified atom stereocenters. The maximum Gasteiger partial charge on any atom is 0.345 e. The van der Waals surface area contributed by atoms with Crippen LogP contribution in [0.3, 0.4) is 0 Å². The van der Waals surface area contributed by atoms with Crippen molar-refractivity contribution in [3.05, 3.63) is 103 Å². The first-order chi connectivity index (χ1) is 16.6. The van der Waals surface area contributed by atoms with E-state index in [0.29, 0.717) is 0 Å². The Morgan fingerprint density at radius 2 is 1.15 bits per heavy atom. The lowest BCUT2D eigenvalue weighted by atomic mass is 9.88. The lowest BCUT2D eigenvalue weighted by Crippen LogP contribution is -2.18. The number of esters is 2. The number of ether oxygens (including phenoxy) is 2. The second kappa shape index (κ2) is 8.83. The van der Waals surface area contributed by atoms with E-state index < -0.39 is 11.9 Å². The Kier molecular flexibility index (Phi) is 5.56. The summed E-state index contributed by atoms with van der Waals surface area (Å²) in [5.74, 6) is -1.52. The molecule has 0 amide bonds. The Hall–Kier alpha value is -4.44.